The van der Waals surface area contributed by atoms with Crippen molar-refractivity contribution in [1.82, 2.24) is 0 Å². The van der Waals surface area contributed by atoms with Crippen LogP contribution in [-0.4, -0.2) is 11.8 Å². The van der Waals surface area contributed by atoms with Crippen molar-refractivity contribution < 1.29 is 9.59 Å². The molecule has 1 N–H and O–H groups in total. The summed E-state index contributed by atoms with van der Waals surface area (Å²) in [5, 5.41) is 3.30. The minimum atomic E-state index is -0.770. The SMILES string of the molecule is O=C(Nc1cc(Cl)cc(Cl)c1)C(=O)N(Cc1ccccc1)c1ccccc1. The van der Waals surface area contributed by atoms with Gasteiger partial charge >= 0.3 is 11.8 Å². The summed E-state index contributed by atoms with van der Waals surface area (Å²) < 4.78 is 0. The van der Waals surface area contributed by atoms with Crippen molar-refractivity contribution in [2.45, 2.75) is 6.54 Å². The highest BCUT2D eigenvalue weighted by molar-refractivity contribution is 6.44. The smallest absolute Gasteiger partial charge is 0.316 e. The summed E-state index contributed by atoms with van der Waals surface area (Å²) in [7, 11) is 0. The quantitative estimate of drug-likeness (QED) is 0.616. The van der Waals surface area contributed by atoms with Crippen LogP contribution in [0, 0.1) is 0 Å². The molecule has 0 aliphatic rings. The molecule has 136 valence electrons. The van der Waals surface area contributed by atoms with Crippen LogP contribution >= 0.6 is 23.2 Å². The zero-order valence-electron chi connectivity index (χ0n) is 14.2. The van der Waals surface area contributed by atoms with Gasteiger partial charge in [-0.05, 0) is 35.9 Å². The fraction of sp³-hybridized carbons (Fsp3) is 0.0476. The monoisotopic (exact) mass is 398 g/mol. The molecule has 3 aromatic rings. The Labute approximate surface area is 167 Å². The second-order valence-electron chi connectivity index (χ2n) is 5.82. The maximum atomic E-state index is 12.9. The lowest BCUT2D eigenvalue weighted by Crippen LogP contribution is -2.39. The number of carbonyl (C=O) groups is 2. The minimum absolute atomic E-state index is 0.271. The van der Waals surface area contributed by atoms with Gasteiger partial charge in [-0.15, -0.1) is 0 Å². The van der Waals surface area contributed by atoms with E-state index in [0.29, 0.717) is 21.4 Å². The molecule has 0 fully saturated rings. The highest BCUT2D eigenvalue weighted by Gasteiger charge is 2.24. The van der Waals surface area contributed by atoms with Crippen molar-refractivity contribution in [3.63, 3.8) is 0 Å². The van der Waals surface area contributed by atoms with Crippen molar-refractivity contribution in [3.8, 4) is 0 Å². The number of rotatable bonds is 4. The lowest BCUT2D eigenvalue weighted by molar-refractivity contribution is -0.134. The molecule has 0 spiro atoms. The van der Waals surface area contributed by atoms with Crippen LogP contribution in [-0.2, 0) is 16.1 Å². The van der Waals surface area contributed by atoms with E-state index >= 15 is 0 Å². The Bertz CT molecular complexity index is 927. The van der Waals surface area contributed by atoms with Gasteiger partial charge in [0, 0.05) is 21.4 Å². The summed E-state index contributed by atoms with van der Waals surface area (Å²) in [4.78, 5) is 26.8. The molecule has 2 amide bonds. The molecular weight excluding hydrogens is 383 g/mol. The summed E-state index contributed by atoms with van der Waals surface area (Å²) in [5.41, 5.74) is 1.90. The number of hydrogen-bond donors (Lipinski definition) is 1. The Morgan fingerprint density at radius 2 is 1.37 bits per heavy atom. The molecule has 0 bridgehead atoms. The number of amides is 2. The highest BCUT2D eigenvalue weighted by Crippen LogP contribution is 2.23. The van der Waals surface area contributed by atoms with Crippen LogP contribution in [0.1, 0.15) is 5.56 Å². The predicted molar refractivity (Wildman–Crippen MR) is 109 cm³/mol. The molecule has 27 heavy (non-hydrogen) atoms. The lowest BCUT2D eigenvalue weighted by atomic mass is 10.2. The van der Waals surface area contributed by atoms with Gasteiger partial charge in [0.25, 0.3) is 0 Å². The molecule has 4 nitrogen and oxygen atoms in total. The van der Waals surface area contributed by atoms with Gasteiger partial charge in [-0.3, -0.25) is 14.5 Å². The average molecular weight is 399 g/mol. The molecule has 0 atom stereocenters. The van der Waals surface area contributed by atoms with Gasteiger partial charge in [0.2, 0.25) is 0 Å². The number of nitrogens with one attached hydrogen (secondary N) is 1. The van der Waals surface area contributed by atoms with E-state index in [-0.39, 0.29) is 6.54 Å². The van der Waals surface area contributed by atoms with E-state index in [1.807, 2.05) is 48.5 Å². The van der Waals surface area contributed by atoms with Crippen molar-refractivity contribution >= 4 is 46.4 Å². The van der Waals surface area contributed by atoms with Crippen LogP contribution in [0.25, 0.3) is 0 Å². The van der Waals surface area contributed by atoms with E-state index < -0.39 is 11.8 Å². The zero-order chi connectivity index (χ0) is 19.2. The molecular formula is C21H16Cl2N2O2. The number of carbonyl (C=O) groups excluding carboxylic acids is 2. The normalized spacial score (nSPS) is 10.3. The number of para-hydroxylation sites is 1. The van der Waals surface area contributed by atoms with Crippen molar-refractivity contribution in [2.24, 2.45) is 0 Å². The fourth-order valence-electron chi connectivity index (χ4n) is 2.59. The minimum Gasteiger partial charge on any atom is -0.318 e. The predicted octanol–water partition coefficient (Wildman–Crippen LogP) is 5.17. The molecule has 0 heterocycles. The topological polar surface area (TPSA) is 49.4 Å². The summed E-state index contributed by atoms with van der Waals surface area (Å²) in [5.74, 6) is -1.45. The maximum Gasteiger partial charge on any atom is 0.316 e. The molecule has 0 unspecified atom stereocenters. The van der Waals surface area contributed by atoms with Crippen molar-refractivity contribution in [3.05, 3.63) is 94.5 Å². The first-order valence-electron chi connectivity index (χ1n) is 8.21. The van der Waals surface area contributed by atoms with E-state index in [4.69, 9.17) is 23.2 Å². The molecule has 0 saturated heterocycles. The Morgan fingerprint density at radius 1 is 0.815 bits per heavy atom. The molecule has 0 aliphatic carbocycles. The highest BCUT2D eigenvalue weighted by atomic mass is 35.5. The van der Waals surface area contributed by atoms with E-state index in [9.17, 15) is 9.59 Å². The second kappa shape index (κ2) is 8.71. The first kappa shape index (κ1) is 19.0. The van der Waals surface area contributed by atoms with E-state index in [1.54, 1.807) is 18.2 Å². The Balaban J connectivity index is 1.84. The van der Waals surface area contributed by atoms with Crippen LogP contribution in [0.2, 0.25) is 10.0 Å². The van der Waals surface area contributed by atoms with Gasteiger partial charge in [0.15, 0.2) is 0 Å². The Hall–Kier alpha value is -2.82. The van der Waals surface area contributed by atoms with Crippen LogP contribution in [0.4, 0.5) is 11.4 Å². The zero-order valence-corrected chi connectivity index (χ0v) is 15.7. The van der Waals surface area contributed by atoms with E-state index in [1.165, 1.54) is 17.0 Å². The Morgan fingerprint density at radius 3 is 1.96 bits per heavy atom. The van der Waals surface area contributed by atoms with Gasteiger partial charge in [-0.25, -0.2) is 0 Å². The number of nitrogens with zero attached hydrogens (tertiary/aromatic N) is 1. The number of benzene rings is 3. The van der Waals surface area contributed by atoms with Crippen molar-refractivity contribution in [2.75, 3.05) is 10.2 Å². The van der Waals surface area contributed by atoms with Gasteiger partial charge < -0.3 is 5.32 Å². The summed E-state index contributed by atoms with van der Waals surface area (Å²) in [6.45, 7) is 0.271. The standard InChI is InChI=1S/C21H16Cl2N2O2/c22-16-11-17(23)13-18(12-16)24-20(26)21(27)25(19-9-5-2-6-10-19)14-15-7-3-1-4-8-15/h1-13H,14H2,(H,24,26). The molecule has 6 heteroatoms. The third-order valence-corrected chi connectivity index (χ3v) is 4.25. The molecule has 0 aliphatic heterocycles. The average Bonchev–Trinajstić information content (AvgIpc) is 2.66. The van der Waals surface area contributed by atoms with Crippen LogP contribution in [0.15, 0.2) is 78.9 Å². The third-order valence-electron chi connectivity index (χ3n) is 3.81. The maximum absolute atomic E-state index is 12.9. The molecule has 3 aromatic carbocycles. The Kier molecular flexibility index (Phi) is 6.12. The van der Waals surface area contributed by atoms with Crippen LogP contribution in [0.5, 0.6) is 0 Å². The van der Waals surface area contributed by atoms with Gasteiger partial charge in [0.05, 0.1) is 6.54 Å². The van der Waals surface area contributed by atoms with Crippen LogP contribution in [0.3, 0.4) is 0 Å². The van der Waals surface area contributed by atoms with Gasteiger partial charge in [-0.1, -0.05) is 71.7 Å². The third kappa shape index (κ3) is 5.09. The van der Waals surface area contributed by atoms with Crippen molar-refractivity contribution in [1.29, 1.82) is 0 Å². The molecule has 0 saturated carbocycles. The first-order chi connectivity index (χ1) is 13.0. The second-order valence-corrected chi connectivity index (χ2v) is 6.70. The molecule has 0 radical (unpaired) electrons. The van der Waals surface area contributed by atoms with Gasteiger partial charge in [-0.2, -0.15) is 0 Å². The summed E-state index contributed by atoms with van der Waals surface area (Å²) in [6.07, 6.45) is 0. The number of anilines is 2. The first-order valence-corrected chi connectivity index (χ1v) is 8.96. The summed E-state index contributed by atoms with van der Waals surface area (Å²) >= 11 is 11.9. The number of hydrogen-bond acceptors (Lipinski definition) is 2. The van der Waals surface area contributed by atoms with Crippen LogP contribution < -0.4 is 10.2 Å². The molecule has 3 rings (SSSR count). The molecule has 0 aromatic heterocycles. The van der Waals surface area contributed by atoms with E-state index in [0.717, 1.165) is 5.56 Å². The van der Waals surface area contributed by atoms with Gasteiger partial charge in [0.1, 0.15) is 0 Å². The fourth-order valence-corrected chi connectivity index (χ4v) is 3.11. The largest absolute Gasteiger partial charge is 0.318 e. The van der Waals surface area contributed by atoms with E-state index in [2.05, 4.69) is 5.32 Å². The lowest BCUT2D eigenvalue weighted by Gasteiger charge is -2.22. The summed E-state index contributed by atoms with van der Waals surface area (Å²) in [6, 6.07) is 23.1. The number of halogens is 2.